The summed E-state index contributed by atoms with van der Waals surface area (Å²) in [7, 11) is 4.54. The Bertz CT molecular complexity index is 737. The molecule has 1 fully saturated rings. The third-order valence-corrected chi connectivity index (χ3v) is 6.26. The van der Waals surface area contributed by atoms with Gasteiger partial charge >= 0.3 is 0 Å². The van der Waals surface area contributed by atoms with Crippen LogP contribution >= 0.6 is 0 Å². The van der Waals surface area contributed by atoms with Crippen molar-refractivity contribution in [2.75, 3.05) is 40.3 Å². The van der Waals surface area contributed by atoms with Crippen LogP contribution in [-0.2, 0) is 4.74 Å². The van der Waals surface area contributed by atoms with Gasteiger partial charge in [0.15, 0.2) is 0 Å². The summed E-state index contributed by atoms with van der Waals surface area (Å²) in [6.07, 6.45) is 5.18. The minimum Gasteiger partial charge on any atom is -0.469 e. The first-order valence-corrected chi connectivity index (χ1v) is 11.1. The SMILES string of the molecule is Cc1ccc([C@H](CC[NH2+]C[C@]2(C[NH+](C)C)CCOC(C)(C)C2)c2ccco2)cc1. The molecule has 1 aliphatic rings. The summed E-state index contributed by atoms with van der Waals surface area (Å²) in [5.41, 5.74) is 2.98. The first-order chi connectivity index (χ1) is 13.8. The molecule has 29 heavy (non-hydrogen) atoms. The highest BCUT2D eigenvalue weighted by Crippen LogP contribution is 2.37. The standard InChI is InChI=1S/C25H38N2O2/c1-20-8-10-21(11-9-20)22(23-7-6-15-28-23)12-14-26-18-25(19-27(4)5)13-16-29-24(2,3)17-25/h6-11,15,22,26H,12-14,16-19H2,1-5H3/p+2/t22-,25-/m0/s1. The van der Waals surface area contributed by atoms with E-state index in [1.165, 1.54) is 29.1 Å². The second-order valence-corrected chi connectivity index (χ2v) is 9.97. The summed E-state index contributed by atoms with van der Waals surface area (Å²) in [6.45, 7) is 11.0. The topological polar surface area (TPSA) is 43.4 Å². The van der Waals surface area contributed by atoms with Crippen LogP contribution in [0.5, 0.6) is 0 Å². The molecule has 0 spiro atoms. The van der Waals surface area contributed by atoms with Gasteiger partial charge in [0.1, 0.15) is 5.76 Å². The third-order valence-electron chi connectivity index (χ3n) is 6.26. The van der Waals surface area contributed by atoms with Gasteiger partial charge in [-0.15, -0.1) is 0 Å². The van der Waals surface area contributed by atoms with Gasteiger partial charge in [-0.3, -0.25) is 0 Å². The number of quaternary nitrogens is 2. The van der Waals surface area contributed by atoms with E-state index in [1.54, 1.807) is 6.26 Å². The lowest BCUT2D eigenvalue weighted by Crippen LogP contribution is -3.08. The van der Waals surface area contributed by atoms with Crippen LogP contribution in [0.3, 0.4) is 0 Å². The highest BCUT2D eigenvalue weighted by atomic mass is 16.5. The quantitative estimate of drug-likeness (QED) is 0.635. The van der Waals surface area contributed by atoms with E-state index in [9.17, 15) is 0 Å². The van der Waals surface area contributed by atoms with Crippen molar-refractivity contribution in [2.24, 2.45) is 5.41 Å². The maximum Gasteiger partial charge on any atom is 0.111 e. The fourth-order valence-corrected chi connectivity index (χ4v) is 5.19. The molecule has 160 valence electrons. The molecule has 0 radical (unpaired) electrons. The van der Waals surface area contributed by atoms with Crippen LogP contribution in [-0.4, -0.2) is 45.9 Å². The summed E-state index contributed by atoms with van der Waals surface area (Å²) >= 11 is 0. The van der Waals surface area contributed by atoms with Gasteiger partial charge in [0.2, 0.25) is 0 Å². The summed E-state index contributed by atoms with van der Waals surface area (Å²) in [5, 5.41) is 2.54. The predicted molar refractivity (Wildman–Crippen MR) is 117 cm³/mol. The van der Waals surface area contributed by atoms with Crippen molar-refractivity contribution in [2.45, 2.75) is 51.6 Å². The van der Waals surface area contributed by atoms with Gasteiger partial charge < -0.3 is 19.4 Å². The van der Waals surface area contributed by atoms with Crippen LogP contribution in [0.25, 0.3) is 0 Å². The number of aryl methyl sites for hydroxylation is 1. The summed E-state index contributed by atoms with van der Waals surface area (Å²) in [6, 6.07) is 13.0. The number of ether oxygens (including phenoxy) is 1. The maximum atomic E-state index is 6.03. The smallest absolute Gasteiger partial charge is 0.111 e. The normalized spacial score (nSPS) is 22.7. The second kappa shape index (κ2) is 9.46. The lowest BCUT2D eigenvalue weighted by atomic mass is 9.73. The molecule has 1 aromatic carbocycles. The molecular formula is C25H40N2O2+2. The Morgan fingerprint density at radius 1 is 1.14 bits per heavy atom. The Morgan fingerprint density at radius 3 is 2.52 bits per heavy atom. The number of furan rings is 1. The first-order valence-electron chi connectivity index (χ1n) is 11.1. The van der Waals surface area contributed by atoms with Crippen molar-refractivity contribution in [3.05, 3.63) is 59.5 Å². The van der Waals surface area contributed by atoms with E-state index in [2.05, 4.69) is 70.5 Å². The minimum absolute atomic E-state index is 0.0137. The average molecular weight is 401 g/mol. The first kappa shape index (κ1) is 22.1. The molecular weight excluding hydrogens is 360 g/mol. The van der Waals surface area contributed by atoms with Crippen LogP contribution in [0.1, 0.15) is 55.9 Å². The molecule has 0 bridgehead atoms. The molecule has 1 aliphatic heterocycles. The van der Waals surface area contributed by atoms with Crippen molar-refractivity contribution < 1.29 is 19.4 Å². The summed E-state index contributed by atoms with van der Waals surface area (Å²) in [5.74, 6) is 1.39. The number of nitrogens with one attached hydrogen (secondary N) is 1. The van der Waals surface area contributed by atoms with Crippen molar-refractivity contribution in [3.63, 3.8) is 0 Å². The molecule has 2 atom stereocenters. The van der Waals surface area contributed by atoms with Gasteiger partial charge in [0.25, 0.3) is 0 Å². The molecule has 4 nitrogen and oxygen atoms in total. The molecule has 3 N–H and O–H groups in total. The number of nitrogens with two attached hydrogens (primary N) is 1. The van der Waals surface area contributed by atoms with Crippen molar-refractivity contribution in [1.29, 1.82) is 0 Å². The van der Waals surface area contributed by atoms with Gasteiger partial charge in [-0.2, -0.15) is 0 Å². The van der Waals surface area contributed by atoms with Crippen molar-refractivity contribution in [3.8, 4) is 0 Å². The maximum absolute atomic E-state index is 6.03. The Balaban J connectivity index is 1.63. The molecule has 0 unspecified atom stereocenters. The Kier molecular flexibility index (Phi) is 7.20. The summed E-state index contributed by atoms with van der Waals surface area (Å²) < 4.78 is 11.8. The van der Waals surface area contributed by atoms with Crippen LogP contribution in [0.4, 0.5) is 0 Å². The van der Waals surface area contributed by atoms with E-state index < -0.39 is 0 Å². The zero-order valence-corrected chi connectivity index (χ0v) is 19.0. The molecule has 2 aromatic rings. The molecule has 1 aromatic heterocycles. The Morgan fingerprint density at radius 2 is 1.90 bits per heavy atom. The Hall–Kier alpha value is -1.62. The van der Waals surface area contributed by atoms with E-state index in [1.807, 2.05) is 6.07 Å². The molecule has 2 heterocycles. The third kappa shape index (κ3) is 6.18. The lowest BCUT2D eigenvalue weighted by molar-refractivity contribution is -0.870. The number of hydrogen-bond donors (Lipinski definition) is 2. The van der Waals surface area contributed by atoms with Gasteiger partial charge in [-0.25, -0.2) is 0 Å². The zero-order chi connectivity index (χ0) is 20.9. The van der Waals surface area contributed by atoms with E-state index in [0.29, 0.717) is 11.3 Å². The fourth-order valence-electron chi connectivity index (χ4n) is 5.19. The summed E-state index contributed by atoms with van der Waals surface area (Å²) in [4.78, 5) is 1.53. The molecule has 0 saturated carbocycles. The monoisotopic (exact) mass is 400 g/mol. The lowest BCUT2D eigenvalue weighted by Gasteiger charge is -2.43. The van der Waals surface area contributed by atoms with Crippen molar-refractivity contribution in [1.82, 2.24) is 0 Å². The molecule has 0 aliphatic carbocycles. The minimum atomic E-state index is -0.0137. The van der Waals surface area contributed by atoms with Crippen LogP contribution in [0, 0.1) is 12.3 Å². The van der Waals surface area contributed by atoms with Gasteiger partial charge in [-0.1, -0.05) is 29.8 Å². The van der Waals surface area contributed by atoms with E-state index in [-0.39, 0.29) is 5.60 Å². The molecule has 1 saturated heterocycles. The Labute approximate surface area is 176 Å². The van der Waals surface area contributed by atoms with E-state index in [4.69, 9.17) is 9.15 Å². The van der Waals surface area contributed by atoms with E-state index >= 15 is 0 Å². The molecule has 4 heteroatoms. The van der Waals surface area contributed by atoms with Gasteiger partial charge in [-0.05, 0) is 51.3 Å². The highest BCUT2D eigenvalue weighted by molar-refractivity contribution is 5.29. The predicted octanol–water partition coefficient (Wildman–Crippen LogP) is 2.39. The number of benzene rings is 1. The highest BCUT2D eigenvalue weighted by Gasteiger charge is 2.44. The number of hydrogen-bond acceptors (Lipinski definition) is 2. The van der Waals surface area contributed by atoms with Crippen molar-refractivity contribution >= 4 is 0 Å². The molecule has 3 rings (SSSR count). The fraction of sp³-hybridized carbons (Fsp3) is 0.600. The van der Waals surface area contributed by atoms with Gasteiger partial charge in [0, 0.05) is 18.9 Å². The molecule has 0 amide bonds. The zero-order valence-electron chi connectivity index (χ0n) is 19.0. The van der Waals surface area contributed by atoms with Crippen LogP contribution in [0.2, 0.25) is 0 Å². The van der Waals surface area contributed by atoms with Gasteiger partial charge in [0.05, 0.1) is 51.0 Å². The largest absolute Gasteiger partial charge is 0.469 e. The average Bonchev–Trinajstić information content (AvgIpc) is 3.15. The second-order valence-electron chi connectivity index (χ2n) is 9.97. The number of rotatable bonds is 9. The van der Waals surface area contributed by atoms with Crippen LogP contribution in [0.15, 0.2) is 47.1 Å². The van der Waals surface area contributed by atoms with E-state index in [0.717, 1.165) is 38.2 Å². The van der Waals surface area contributed by atoms with Crippen LogP contribution < -0.4 is 10.2 Å².